The molecule has 0 saturated heterocycles. The lowest BCUT2D eigenvalue weighted by atomic mass is 10.0. The van der Waals surface area contributed by atoms with Crippen LogP contribution in [0.3, 0.4) is 0 Å². The van der Waals surface area contributed by atoms with Crippen LogP contribution in [0.25, 0.3) is 5.69 Å². The predicted octanol–water partition coefficient (Wildman–Crippen LogP) is 3.33. The first-order valence-corrected chi connectivity index (χ1v) is 8.39. The summed E-state index contributed by atoms with van der Waals surface area (Å²) in [4.78, 5) is 14.5. The number of amides is 1. The van der Waals surface area contributed by atoms with Crippen LogP contribution in [0.15, 0.2) is 48.5 Å². The number of rotatable bonds is 5. The van der Waals surface area contributed by atoms with Crippen molar-refractivity contribution < 1.29 is 9.18 Å². The van der Waals surface area contributed by atoms with Crippen molar-refractivity contribution in [3.05, 3.63) is 71.3 Å². The van der Waals surface area contributed by atoms with Crippen molar-refractivity contribution in [1.82, 2.24) is 25.1 Å². The Bertz CT molecular complexity index is 889. The van der Waals surface area contributed by atoms with Gasteiger partial charge >= 0.3 is 0 Å². The molecule has 0 spiro atoms. The summed E-state index contributed by atoms with van der Waals surface area (Å²) in [7, 11) is 1.76. The Morgan fingerprint density at radius 3 is 2.35 bits per heavy atom. The molecule has 0 radical (unpaired) electrons. The van der Waals surface area contributed by atoms with Gasteiger partial charge in [-0.1, -0.05) is 19.1 Å². The number of tetrazole rings is 1. The molecular formula is C19H20FN5O. The lowest BCUT2D eigenvalue weighted by Crippen LogP contribution is -2.31. The van der Waals surface area contributed by atoms with Crippen LogP contribution in [-0.2, 0) is 0 Å². The first-order valence-electron chi connectivity index (χ1n) is 8.39. The van der Waals surface area contributed by atoms with Gasteiger partial charge in [-0.05, 0) is 65.7 Å². The second-order valence-corrected chi connectivity index (χ2v) is 6.08. The van der Waals surface area contributed by atoms with Gasteiger partial charge in [0.2, 0.25) is 0 Å². The van der Waals surface area contributed by atoms with Gasteiger partial charge in [0.15, 0.2) is 5.82 Å². The minimum absolute atomic E-state index is 0.0961. The van der Waals surface area contributed by atoms with E-state index in [1.165, 1.54) is 12.1 Å². The van der Waals surface area contributed by atoms with E-state index < -0.39 is 0 Å². The maximum atomic E-state index is 13.2. The largest absolute Gasteiger partial charge is 0.335 e. The van der Waals surface area contributed by atoms with E-state index in [-0.39, 0.29) is 17.8 Å². The summed E-state index contributed by atoms with van der Waals surface area (Å²) in [5, 5.41) is 11.4. The quantitative estimate of drug-likeness (QED) is 0.706. The highest BCUT2D eigenvalue weighted by atomic mass is 19.1. The molecule has 1 heterocycles. The number of benzene rings is 2. The molecule has 0 fully saturated rings. The number of nitrogens with zero attached hydrogens (tertiary/aromatic N) is 5. The number of carbonyl (C=O) groups is 1. The number of halogens is 1. The maximum absolute atomic E-state index is 13.2. The number of hydrogen-bond donors (Lipinski definition) is 0. The highest BCUT2D eigenvalue weighted by Gasteiger charge is 2.21. The number of aryl methyl sites for hydroxylation is 1. The van der Waals surface area contributed by atoms with Crippen LogP contribution in [-0.4, -0.2) is 38.1 Å². The summed E-state index contributed by atoms with van der Waals surface area (Å²) in [5.41, 5.74) is 2.27. The van der Waals surface area contributed by atoms with E-state index in [2.05, 4.69) is 15.5 Å². The zero-order chi connectivity index (χ0) is 18.7. The van der Waals surface area contributed by atoms with Gasteiger partial charge in [0.1, 0.15) is 5.82 Å². The normalized spacial score (nSPS) is 12.0. The molecule has 134 valence electrons. The van der Waals surface area contributed by atoms with Gasteiger partial charge in [0.25, 0.3) is 5.91 Å². The van der Waals surface area contributed by atoms with Crippen molar-refractivity contribution in [2.75, 3.05) is 7.05 Å². The predicted molar refractivity (Wildman–Crippen MR) is 95.4 cm³/mol. The third kappa shape index (κ3) is 3.46. The fourth-order valence-corrected chi connectivity index (χ4v) is 2.98. The Balaban J connectivity index is 1.81. The average molecular weight is 353 g/mol. The molecule has 0 bridgehead atoms. The molecule has 0 aliphatic carbocycles. The van der Waals surface area contributed by atoms with Gasteiger partial charge in [-0.25, -0.2) is 4.39 Å². The second-order valence-electron chi connectivity index (χ2n) is 6.08. The monoisotopic (exact) mass is 353 g/mol. The van der Waals surface area contributed by atoms with E-state index in [0.29, 0.717) is 11.4 Å². The van der Waals surface area contributed by atoms with Gasteiger partial charge in [-0.3, -0.25) is 4.79 Å². The number of hydrogen-bond acceptors (Lipinski definition) is 4. The van der Waals surface area contributed by atoms with Gasteiger partial charge in [-0.15, -0.1) is 5.10 Å². The summed E-state index contributed by atoms with van der Waals surface area (Å²) in [6, 6.07) is 13.3. The first-order chi connectivity index (χ1) is 12.5. The van der Waals surface area contributed by atoms with Crippen LogP contribution in [0.4, 0.5) is 4.39 Å². The second kappa shape index (κ2) is 7.43. The molecule has 0 unspecified atom stereocenters. The smallest absolute Gasteiger partial charge is 0.254 e. The minimum Gasteiger partial charge on any atom is -0.335 e. The van der Waals surface area contributed by atoms with Crippen molar-refractivity contribution in [2.45, 2.75) is 26.3 Å². The van der Waals surface area contributed by atoms with Crippen molar-refractivity contribution in [3.8, 4) is 5.69 Å². The number of aromatic nitrogens is 4. The van der Waals surface area contributed by atoms with Crippen molar-refractivity contribution in [2.24, 2.45) is 0 Å². The van der Waals surface area contributed by atoms with Gasteiger partial charge in [0, 0.05) is 12.6 Å². The highest BCUT2D eigenvalue weighted by molar-refractivity contribution is 5.94. The van der Waals surface area contributed by atoms with Crippen molar-refractivity contribution in [1.29, 1.82) is 0 Å². The van der Waals surface area contributed by atoms with Crippen LogP contribution in [0.1, 0.15) is 41.1 Å². The standard InChI is InChI=1S/C19H20FN5O/c1-4-18(14-5-9-16(20)10-6-14)24(3)19(26)15-7-11-17(12-8-15)25-13(2)21-22-23-25/h5-12,18H,4H2,1-3H3/t18-/m0/s1. The molecule has 2 aromatic carbocycles. The molecule has 7 heteroatoms. The molecule has 3 aromatic rings. The van der Waals surface area contributed by atoms with E-state index in [1.54, 1.807) is 47.8 Å². The Kier molecular flexibility index (Phi) is 5.06. The van der Waals surface area contributed by atoms with Crippen molar-refractivity contribution >= 4 is 5.91 Å². The van der Waals surface area contributed by atoms with Crippen LogP contribution in [0.5, 0.6) is 0 Å². The van der Waals surface area contributed by atoms with E-state index in [4.69, 9.17) is 0 Å². The molecule has 6 nitrogen and oxygen atoms in total. The van der Waals surface area contributed by atoms with Crippen LogP contribution in [0, 0.1) is 12.7 Å². The Hall–Kier alpha value is -3.09. The van der Waals surface area contributed by atoms with Crippen LogP contribution < -0.4 is 0 Å². The Morgan fingerprint density at radius 2 is 1.81 bits per heavy atom. The molecule has 0 aliphatic heterocycles. The molecular weight excluding hydrogens is 333 g/mol. The molecule has 26 heavy (non-hydrogen) atoms. The van der Waals surface area contributed by atoms with Crippen LogP contribution in [0.2, 0.25) is 0 Å². The summed E-state index contributed by atoms with van der Waals surface area (Å²) in [5.74, 6) is 0.288. The maximum Gasteiger partial charge on any atom is 0.254 e. The summed E-state index contributed by atoms with van der Waals surface area (Å²) in [6.07, 6.45) is 0.732. The first kappa shape index (κ1) is 17.7. The zero-order valence-corrected chi connectivity index (χ0v) is 14.9. The third-order valence-electron chi connectivity index (χ3n) is 4.41. The molecule has 1 aromatic heterocycles. The third-order valence-corrected chi connectivity index (χ3v) is 4.41. The minimum atomic E-state index is -0.286. The zero-order valence-electron chi connectivity index (χ0n) is 14.9. The Morgan fingerprint density at radius 1 is 1.15 bits per heavy atom. The summed E-state index contributed by atoms with van der Waals surface area (Å²) >= 11 is 0. The van der Waals surface area contributed by atoms with E-state index in [9.17, 15) is 9.18 Å². The molecule has 0 saturated carbocycles. The van der Waals surface area contributed by atoms with Crippen molar-refractivity contribution in [3.63, 3.8) is 0 Å². The topological polar surface area (TPSA) is 63.9 Å². The van der Waals surface area contributed by atoms with Crippen LogP contribution >= 0.6 is 0 Å². The Labute approximate surface area is 151 Å². The van der Waals surface area contributed by atoms with Gasteiger partial charge < -0.3 is 4.90 Å². The molecule has 1 amide bonds. The lowest BCUT2D eigenvalue weighted by molar-refractivity contribution is 0.0726. The van der Waals surface area contributed by atoms with Gasteiger partial charge in [0.05, 0.1) is 11.7 Å². The fraction of sp³-hybridized carbons (Fsp3) is 0.263. The van der Waals surface area contributed by atoms with E-state index in [1.807, 2.05) is 19.1 Å². The number of carbonyl (C=O) groups excluding carboxylic acids is 1. The summed E-state index contributed by atoms with van der Waals surface area (Å²) < 4.78 is 14.8. The van der Waals surface area contributed by atoms with E-state index in [0.717, 1.165) is 17.7 Å². The molecule has 0 N–H and O–H groups in total. The molecule has 0 aliphatic rings. The SMILES string of the molecule is CC[C@@H](c1ccc(F)cc1)N(C)C(=O)c1ccc(-n2nnnc2C)cc1. The average Bonchev–Trinajstić information content (AvgIpc) is 3.09. The highest BCUT2D eigenvalue weighted by Crippen LogP contribution is 2.25. The summed E-state index contributed by atoms with van der Waals surface area (Å²) in [6.45, 7) is 3.81. The lowest BCUT2D eigenvalue weighted by Gasteiger charge is -2.28. The fourth-order valence-electron chi connectivity index (χ4n) is 2.98. The molecule has 1 atom stereocenters. The van der Waals surface area contributed by atoms with E-state index >= 15 is 0 Å². The molecule has 3 rings (SSSR count). The van der Waals surface area contributed by atoms with Gasteiger partial charge in [-0.2, -0.15) is 4.68 Å².